The number of ether oxygens (including phenoxy) is 3. The molecule has 7 heteroatoms. The van der Waals surface area contributed by atoms with Gasteiger partial charge in [0.2, 0.25) is 5.79 Å². The Hall–Kier alpha value is -0.280. The van der Waals surface area contributed by atoms with Gasteiger partial charge < -0.3 is 34.6 Å². The van der Waals surface area contributed by atoms with Crippen LogP contribution in [0.3, 0.4) is 0 Å². The van der Waals surface area contributed by atoms with E-state index in [4.69, 9.17) is 14.2 Å². The van der Waals surface area contributed by atoms with Gasteiger partial charge in [-0.3, -0.25) is 0 Å². The first kappa shape index (κ1) is 22.0. The van der Waals surface area contributed by atoms with Crippen molar-refractivity contribution < 1.29 is 34.6 Å². The van der Waals surface area contributed by atoms with Gasteiger partial charge in [0.1, 0.15) is 11.7 Å². The molecule has 0 saturated carbocycles. The smallest absolute Gasteiger partial charge is 0.217 e. The van der Waals surface area contributed by atoms with Gasteiger partial charge in [-0.05, 0) is 24.2 Å². The quantitative estimate of drug-likeness (QED) is 0.513. The number of hydrogen-bond donors (Lipinski definition) is 4. The Labute approximate surface area is 156 Å². The molecule has 0 aliphatic carbocycles. The largest absolute Gasteiger partial charge is 0.393 e. The minimum Gasteiger partial charge on any atom is -0.393 e. The molecule has 2 aliphatic rings. The third-order valence-corrected chi connectivity index (χ3v) is 6.85. The van der Waals surface area contributed by atoms with Crippen LogP contribution in [0, 0.1) is 23.7 Å². The fourth-order valence-electron chi connectivity index (χ4n) is 4.33. The summed E-state index contributed by atoms with van der Waals surface area (Å²) in [4.78, 5) is 0. The lowest BCUT2D eigenvalue weighted by atomic mass is 9.76. The first-order valence-electron chi connectivity index (χ1n) is 9.71. The average Bonchev–Trinajstić information content (AvgIpc) is 2.84. The minimum absolute atomic E-state index is 0.00264. The molecular formula is C19H36O7. The lowest BCUT2D eigenvalue weighted by molar-refractivity contribution is -0.278. The van der Waals surface area contributed by atoms with Gasteiger partial charge >= 0.3 is 0 Å². The molecular weight excluding hydrogens is 340 g/mol. The molecule has 7 nitrogen and oxygen atoms in total. The van der Waals surface area contributed by atoms with E-state index in [1.807, 2.05) is 0 Å². The van der Waals surface area contributed by atoms with E-state index in [1.54, 1.807) is 6.92 Å². The summed E-state index contributed by atoms with van der Waals surface area (Å²) >= 11 is 0. The van der Waals surface area contributed by atoms with Gasteiger partial charge in [-0.2, -0.15) is 0 Å². The van der Waals surface area contributed by atoms with E-state index in [-0.39, 0.29) is 18.8 Å². The summed E-state index contributed by atoms with van der Waals surface area (Å²) in [5, 5.41) is 39.6. The molecule has 0 aromatic rings. The molecule has 2 rings (SSSR count). The Balaban J connectivity index is 1.99. The topological polar surface area (TPSA) is 109 Å². The molecule has 3 unspecified atom stereocenters. The molecule has 2 heterocycles. The van der Waals surface area contributed by atoms with Gasteiger partial charge in [0, 0.05) is 5.92 Å². The highest BCUT2D eigenvalue weighted by Crippen LogP contribution is 2.42. The van der Waals surface area contributed by atoms with Crippen molar-refractivity contribution in [2.75, 3.05) is 26.4 Å². The minimum atomic E-state index is -2.09. The standard InChI is InChI=1S/C19H36O7/c1-6-15-12(3)11(2)13(4)16(25-15)7-24-10-18(8-20)14(5)17(22)19(23,9-21)26-18/h11-17,20-23H,6-10H2,1-5H3/t11-,12+,13?,14?,15?,16-,17-,18+,19+/m1/s1. The highest BCUT2D eigenvalue weighted by molar-refractivity contribution is 5.03. The van der Waals surface area contributed by atoms with E-state index >= 15 is 0 Å². The van der Waals surface area contributed by atoms with Crippen molar-refractivity contribution in [3.05, 3.63) is 0 Å². The third-order valence-electron chi connectivity index (χ3n) is 6.85. The van der Waals surface area contributed by atoms with Crippen LogP contribution in [0.4, 0.5) is 0 Å². The SMILES string of the molecule is CCC1O[C@H](COC[C@]2(CO)O[C@@](O)(CO)[C@H](O)C2C)C(C)[C@H](C)[C@@H]1C. The van der Waals surface area contributed by atoms with Crippen LogP contribution in [0.15, 0.2) is 0 Å². The predicted molar refractivity (Wildman–Crippen MR) is 95.4 cm³/mol. The van der Waals surface area contributed by atoms with Crippen LogP contribution in [0.5, 0.6) is 0 Å². The van der Waals surface area contributed by atoms with Crippen LogP contribution in [-0.4, -0.2) is 76.6 Å². The molecule has 0 amide bonds. The van der Waals surface area contributed by atoms with Crippen LogP contribution in [0.25, 0.3) is 0 Å². The maximum Gasteiger partial charge on any atom is 0.217 e. The van der Waals surface area contributed by atoms with Crippen molar-refractivity contribution in [2.45, 2.75) is 70.7 Å². The number of rotatable bonds is 7. The van der Waals surface area contributed by atoms with Gasteiger partial charge in [-0.25, -0.2) is 0 Å². The van der Waals surface area contributed by atoms with Crippen LogP contribution >= 0.6 is 0 Å². The molecule has 0 spiro atoms. The average molecular weight is 376 g/mol. The van der Waals surface area contributed by atoms with Crippen LogP contribution < -0.4 is 0 Å². The van der Waals surface area contributed by atoms with Crippen molar-refractivity contribution >= 4 is 0 Å². The zero-order valence-corrected chi connectivity index (χ0v) is 16.6. The van der Waals surface area contributed by atoms with Crippen LogP contribution in [-0.2, 0) is 14.2 Å². The number of hydrogen-bond acceptors (Lipinski definition) is 7. The summed E-state index contributed by atoms with van der Waals surface area (Å²) in [6, 6.07) is 0. The summed E-state index contributed by atoms with van der Waals surface area (Å²) in [6.45, 7) is 9.56. The number of aliphatic hydroxyl groups excluding tert-OH is 3. The maximum atomic E-state index is 10.2. The zero-order valence-electron chi connectivity index (χ0n) is 16.6. The highest BCUT2D eigenvalue weighted by Gasteiger charge is 2.60. The Bertz CT molecular complexity index is 459. The van der Waals surface area contributed by atoms with E-state index in [2.05, 4.69) is 27.7 Å². The molecule has 0 bridgehead atoms. The van der Waals surface area contributed by atoms with E-state index in [0.29, 0.717) is 24.4 Å². The molecule has 0 aromatic carbocycles. The second-order valence-corrected chi connectivity index (χ2v) is 8.28. The maximum absolute atomic E-state index is 10.2. The number of aliphatic hydroxyl groups is 4. The monoisotopic (exact) mass is 376 g/mol. The first-order chi connectivity index (χ1) is 12.2. The molecule has 26 heavy (non-hydrogen) atoms. The van der Waals surface area contributed by atoms with Gasteiger partial charge in [-0.1, -0.05) is 34.6 Å². The summed E-state index contributed by atoms with van der Waals surface area (Å²) in [7, 11) is 0. The van der Waals surface area contributed by atoms with Crippen molar-refractivity contribution in [2.24, 2.45) is 23.7 Å². The van der Waals surface area contributed by atoms with Crippen molar-refractivity contribution in [1.82, 2.24) is 0 Å². The summed E-state index contributed by atoms with van der Waals surface area (Å²) in [6.07, 6.45) is -0.214. The Morgan fingerprint density at radius 1 is 0.962 bits per heavy atom. The first-order valence-corrected chi connectivity index (χ1v) is 9.71. The molecule has 9 atom stereocenters. The van der Waals surface area contributed by atoms with Gasteiger partial charge in [0.25, 0.3) is 0 Å². The van der Waals surface area contributed by atoms with Gasteiger partial charge in [-0.15, -0.1) is 0 Å². The molecule has 0 radical (unpaired) electrons. The summed E-state index contributed by atoms with van der Waals surface area (Å²) in [5.74, 6) is -1.35. The van der Waals surface area contributed by atoms with Crippen molar-refractivity contribution in [3.63, 3.8) is 0 Å². The van der Waals surface area contributed by atoms with E-state index in [1.165, 1.54) is 0 Å². The summed E-state index contributed by atoms with van der Waals surface area (Å²) in [5.41, 5.74) is -1.27. The molecule has 154 valence electrons. The Kier molecular flexibility index (Phi) is 7.10. The zero-order chi connectivity index (χ0) is 19.7. The molecule has 0 aromatic heterocycles. The van der Waals surface area contributed by atoms with E-state index in [0.717, 1.165) is 6.42 Å². The molecule has 4 N–H and O–H groups in total. The van der Waals surface area contributed by atoms with Crippen LogP contribution in [0.1, 0.15) is 41.0 Å². The van der Waals surface area contributed by atoms with Crippen molar-refractivity contribution in [1.29, 1.82) is 0 Å². The Morgan fingerprint density at radius 2 is 1.58 bits per heavy atom. The molecule has 2 saturated heterocycles. The Morgan fingerprint density at radius 3 is 2.08 bits per heavy atom. The van der Waals surface area contributed by atoms with E-state index in [9.17, 15) is 20.4 Å². The van der Waals surface area contributed by atoms with Crippen molar-refractivity contribution in [3.8, 4) is 0 Å². The summed E-state index contributed by atoms with van der Waals surface area (Å²) < 4.78 is 17.5. The predicted octanol–water partition coefficient (Wildman–Crippen LogP) is 0.528. The lowest BCUT2D eigenvalue weighted by Gasteiger charge is -2.44. The molecule has 2 aliphatic heterocycles. The second-order valence-electron chi connectivity index (χ2n) is 8.28. The highest BCUT2D eigenvalue weighted by atomic mass is 16.7. The van der Waals surface area contributed by atoms with Gasteiger partial charge in [0.05, 0.1) is 38.6 Å². The fourth-order valence-corrected chi connectivity index (χ4v) is 4.33. The van der Waals surface area contributed by atoms with Crippen LogP contribution in [0.2, 0.25) is 0 Å². The van der Waals surface area contributed by atoms with Gasteiger partial charge in [0.15, 0.2) is 0 Å². The third kappa shape index (κ3) is 3.81. The lowest BCUT2D eigenvalue weighted by Crippen LogP contribution is -2.49. The normalized spacial score (nSPS) is 49.5. The fraction of sp³-hybridized carbons (Fsp3) is 1.00. The van der Waals surface area contributed by atoms with E-state index < -0.39 is 36.6 Å². The second kappa shape index (κ2) is 8.39. The molecule has 2 fully saturated rings.